The normalized spacial score (nSPS) is 14.3. The molecule has 1 fully saturated rings. The minimum Gasteiger partial charge on any atom is -0.294 e. The lowest BCUT2D eigenvalue weighted by Gasteiger charge is -2.03. The van der Waals surface area contributed by atoms with E-state index in [1.54, 1.807) is 22.9 Å². The summed E-state index contributed by atoms with van der Waals surface area (Å²) < 4.78 is 17.7. The summed E-state index contributed by atoms with van der Waals surface area (Å²) in [5.74, 6) is 1.09. The number of hydrogen-bond acceptors (Lipinski definition) is 3. The highest BCUT2D eigenvalue weighted by atomic mass is 19.1. The van der Waals surface area contributed by atoms with Gasteiger partial charge in [-0.2, -0.15) is 5.10 Å². The number of halogens is 1. The molecule has 124 valence electrons. The number of aryl methyl sites for hydroxylation is 1. The molecule has 5 nitrogen and oxygen atoms in total. The van der Waals surface area contributed by atoms with E-state index >= 15 is 0 Å². The van der Waals surface area contributed by atoms with E-state index in [1.165, 1.54) is 6.07 Å². The molecule has 0 spiro atoms. The minimum atomic E-state index is -0.342. The SMILES string of the molecule is Cc1ccccc1-c1nc(-c2cnc3c(F)cccn23)n(C2CC2)n1. The lowest BCUT2D eigenvalue weighted by Crippen LogP contribution is -2.01. The number of aromatic nitrogens is 5. The van der Waals surface area contributed by atoms with Gasteiger partial charge in [-0.05, 0) is 37.5 Å². The molecule has 4 aromatic rings. The molecular weight excluding hydrogens is 317 g/mol. The lowest BCUT2D eigenvalue weighted by molar-refractivity contribution is 0.629. The van der Waals surface area contributed by atoms with Gasteiger partial charge in [0.1, 0.15) is 5.69 Å². The van der Waals surface area contributed by atoms with Crippen LogP contribution in [0.5, 0.6) is 0 Å². The monoisotopic (exact) mass is 333 g/mol. The smallest absolute Gasteiger partial charge is 0.182 e. The van der Waals surface area contributed by atoms with E-state index in [1.807, 2.05) is 22.9 Å². The summed E-state index contributed by atoms with van der Waals surface area (Å²) in [7, 11) is 0. The summed E-state index contributed by atoms with van der Waals surface area (Å²) >= 11 is 0. The molecule has 0 aliphatic heterocycles. The molecule has 0 bridgehead atoms. The van der Waals surface area contributed by atoms with Crippen molar-refractivity contribution in [1.82, 2.24) is 24.1 Å². The van der Waals surface area contributed by atoms with Crippen molar-refractivity contribution in [3.63, 3.8) is 0 Å². The second-order valence-corrected chi connectivity index (χ2v) is 6.44. The molecule has 1 aliphatic rings. The molecule has 5 rings (SSSR count). The molecule has 1 saturated carbocycles. The molecule has 0 atom stereocenters. The van der Waals surface area contributed by atoms with Crippen molar-refractivity contribution in [2.75, 3.05) is 0 Å². The van der Waals surface area contributed by atoms with Gasteiger partial charge in [0.15, 0.2) is 23.1 Å². The maximum atomic E-state index is 14.0. The number of hydrogen-bond donors (Lipinski definition) is 0. The largest absolute Gasteiger partial charge is 0.294 e. The highest BCUT2D eigenvalue weighted by Gasteiger charge is 2.30. The second kappa shape index (κ2) is 5.24. The lowest BCUT2D eigenvalue weighted by atomic mass is 10.1. The van der Waals surface area contributed by atoms with E-state index in [2.05, 4.69) is 18.0 Å². The average molecular weight is 333 g/mol. The van der Waals surface area contributed by atoms with Crippen LogP contribution in [-0.4, -0.2) is 24.1 Å². The van der Waals surface area contributed by atoms with E-state index in [0.29, 0.717) is 17.5 Å². The summed E-state index contributed by atoms with van der Waals surface area (Å²) in [5, 5.41) is 4.76. The van der Waals surface area contributed by atoms with Crippen LogP contribution in [-0.2, 0) is 0 Å². The van der Waals surface area contributed by atoms with Crippen molar-refractivity contribution in [3.8, 4) is 22.9 Å². The Labute approximate surface area is 143 Å². The molecular formula is C19H16FN5. The van der Waals surface area contributed by atoms with E-state index in [4.69, 9.17) is 10.1 Å². The molecule has 3 heterocycles. The van der Waals surface area contributed by atoms with Crippen LogP contribution < -0.4 is 0 Å². The van der Waals surface area contributed by atoms with E-state index in [9.17, 15) is 4.39 Å². The molecule has 0 N–H and O–H groups in total. The van der Waals surface area contributed by atoms with E-state index in [0.717, 1.165) is 35.5 Å². The van der Waals surface area contributed by atoms with Gasteiger partial charge in [-0.25, -0.2) is 19.0 Å². The van der Waals surface area contributed by atoms with Crippen LogP contribution >= 0.6 is 0 Å². The fraction of sp³-hybridized carbons (Fsp3) is 0.211. The third-order valence-corrected chi connectivity index (χ3v) is 4.63. The van der Waals surface area contributed by atoms with Crippen LogP contribution in [0.15, 0.2) is 48.8 Å². The summed E-state index contributed by atoms with van der Waals surface area (Å²) in [4.78, 5) is 9.02. The Hall–Kier alpha value is -3.02. The predicted molar refractivity (Wildman–Crippen MR) is 92.6 cm³/mol. The third-order valence-electron chi connectivity index (χ3n) is 4.63. The standard InChI is InChI=1S/C19H16FN5/c1-12-5-2-3-6-14(12)17-22-19(25(23-17)13-8-9-13)16-11-21-18-15(20)7-4-10-24(16)18/h2-7,10-11,13H,8-9H2,1H3. The highest BCUT2D eigenvalue weighted by molar-refractivity contribution is 5.64. The summed E-state index contributed by atoms with van der Waals surface area (Å²) in [6, 6.07) is 11.5. The fourth-order valence-corrected chi connectivity index (χ4v) is 3.15. The fourth-order valence-electron chi connectivity index (χ4n) is 3.15. The Bertz CT molecular complexity index is 1090. The van der Waals surface area contributed by atoms with Gasteiger partial charge in [-0.1, -0.05) is 24.3 Å². The topological polar surface area (TPSA) is 48.0 Å². The summed E-state index contributed by atoms with van der Waals surface area (Å²) in [6.45, 7) is 2.05. The van der Waals surface area contributed by atoms with Crippen molar-refractivity contribution in [1.29, 1.82) is 0 Å². The van der Waals surface area contributed by atoms with Gasteiger partial charge >= 0.3 is 0 Å². The van der Waals surface area contributed by atoms with Crippen molar-refractivity contribution < 1.29 is 4.39 Å². The summed E-state index contributed by atoms with van der Waals surface area (Å²) in [5.41, 5.74) is 3.21. The van der Waals surface area contributed by atoms with Crippen LogP contribution in [0.1, 0.15) is 24.4 Å². The molecule has 25 heavy (non-hydrogen) atoms. The van der Waals surface area contributed by atoms with Crippen LogP contribution in [0, 0.1) is 12.7 Å². The summed E-state index contributed by atoms with van der Waals surface area (Å²) in [6.07, 6.45) is 5.66. The Morgan fingerprint density at radius 3 is 2.76 bits per heavy atom. The molecule has 0 unspecified atom stereocenters. The first kappa shape index (κ1) is 14.3. The first-order valence-corrected chi connectivity index (χ1v) is 8.37. The molecule has 1 aromatic carbocycles. The van der Waals surface area contributed by atoms with Crippen molar-refractivity contribution in [2.45, 2.75) is 25.8 Å². The van der Waals surface area contributed by atoms with Gasteiger partial charge in [-0.3, -0.25) is 4.40 Å². The Kier molecular flexibility index (Phi) is 3.00. The van der Waals surface area contributed by atoms with E-state index < -0.39 is 0 Å². The Morgan fingerprint density at radius 2 is 1.96 bits per heavy atom. The predicted octanol–water partition coefficient (Wildman–Crippen LogP) is 4.04. The zero-order valence-corrected chi connectivity index (χ0v) is 13.7. The van der Waals surface area contributed by atoms with Gasteiger partial charge in [0, 0.05) is 11.8 Å². The number of imidazole rings is 1. The maximum absolute atomic E-state index is 14.0. The number of nitrogens with zero attached hydrogens (tertiary/aromatic N) is 5. The van der Waals surface area contributed by atoms with E-state index in [-0.39, 0.29) is 5.82 Å². The number of pyridine rings is 1. The molecule has 0 radical (unpaired) electrons. The molecule has 0 saturated heterocycles. The van der Waals surface area contributed by atoms with Gasteiger partial charge in [-0.15, -0.1) is 0 Å². The van der Waals surface area contributed by atoms with Gasteiger partial charge in [0.2, 0.25) is 0 Å². The van der Waals surface area contributed by atoms with Crippen LogP contribution in [0.2, 0.25) is 0 Å². The molecule has 6 heteroatoms. The highest BCUT2D eigenvalue weighted by Crippen LogP contribution is 2.38. The molecule has 1 aliphatic carbocycles. The zero-order valence-electron chi connectivity index (χ0n) is 13.7. The molecule has 0 amide bonds. The number of benzene rings is 1. The van der Waals surface area contributed by atoms with Gasteiger partial charge in [0.25, 0.3) is 0 Å². The van der Waals surface area contributed by atoms with Crippen molar-refractivity contribution in [2.24, 2.45) is 0 Å². The second-order valence-electron chi connectivity index (χ2n) is 6.44. The van der Waals surface area contributed by atoms with Crippen LogP contribution in [0.3, 0.4) is 0 Å². The number of rotatable bonds is 3. The van der Waals surface area contributed by atoms with Crippen LogP contribution in [0.4, 0.5) is 4.39 Å². The quantitative estimate of drug-likeness (QED) is 0.568. The van der Waals surface area contributed by atoms with Gasteiger partial charge in [0.05, 0.1) is 12.2 Å². The Balaban J connectivity index is 1.73. The minimum absolute atomic E-state index is 0.306. The number of fused-ring (bicyclic) bond motifs is 1. The first-order chi connectivity index (χ1) is 12.2. The maximum Gasteiger partial charge on any atom is 0.182 e. The molecule has 3 aromatic heterocycles. The third kappa shape index (κ3) is 2.25. The average Bonchev–Trinajstić information content (AvgIpc) is 3.22. The van der Waals surface area contributed by atoms with Crippen molar-refractivity contribution >= 4 is 5.65 Å². The van der Waals surface area contributed by atoms with Gasteiger partial charge < -0.3 is 0 Å². The van der Waals surface area contributed by atoms with Crippen LogP contribution in [0.25, 0.3) is 28.6 Å². The van der Waals surface area contributed by atoms with Crippen molar-refractivity contribution in [3.05, 3.63) is 60.2 Å². The zero-order chi connectivity index (χ0) is 17.0. The first-order valence-electron chi connectivity index (χ1n) is 8.37. The Morgan fingerprint density at radius 1 is 1.12 bits per heavy atom.